The zero-order chi connectivity index (χ0) is 26.3. The molecule has 5 aliphatic carbocycles. The third kappa shape index (κ3) is 2.80. The minimum absolute atomic E-state index is 0.0137. The molecule has 5 saturated carbocycles. The Morgan fingerprint density at radius 2 is 1.53 bits per heavy atom. The van der Waals surface area contributed by atoms with Crippen molar-refractivity contribution in [3.05, 3.63) is 0 Å². The molecule has 0 unspecified atom stereocenters. The second-order valence-corrected chi connectivity index (χ2v) is 15.7. The molecule has 36 heavy (non-hydrogen) atoms. The molecule has 0 radical (unpaired) electrons. The molecule has 13 atom stereocenters. The lowest BCUT2D eigenvalue weighted by atomic mass is 9.41. The summed E-state index contributed by atoms with van der Waals surface area (Å²) >= 11 is 0. The van der Waals surface area contributed by atoms with Gasteiger partial charge in [0, 0.05) is 17.3 Å². The van der Waals surface area contributed by atoms with Crippen LogP contribution in [-0.2, 0) is 4.74 Å². The fraction of sp³-hybridized carbons (Fsp3) is 1.00. The Morgan fingerprint density at radius 1 is 0.833 bits per heavy atom. The molecule has 6 fully saturated rings. The van der Waals surface area contributed by atoms with Crippen LogP contribution in [0.3, 0.4) is 0 Å². The first-order valence-electron chi connectivity index (χ1n) is 14.6. The molecule has 0 aromatic heterocycles. The van der Waals surface area contributed by atoms with Crippen LogP contribution in [0, 0.1) is 44.8 Å². The Labute approximate surface area is 216 Å². The van der Waals surface area contributed by atoms with E-state index in [0.717, 1.165) is 44.9 Å². The molecule has 0 aromatic carbocycles. The lowest BCUT2D eigenvalue weighted by Crippen LogP contribution is -2.63. The number of fused-ring (bicyclic) bond motifs is 2. The second-order valence-electron chi connectivity index (χ2n) is 15.7. The van der Waals surface area contributed by atoms with Gasteiger partial charge >= 0.3 is 0 Å². The lowest BCUT2D eigenvalue weighted by Gasteiger charge is -2.64. The topological polar surface area (TPSA) is 110 Å². The molecule has 0 aromatic rings. The van der Waals surface area contributed by atoms with Gasteiger partial charge in [0.25, 0.3) is 0 Å². The van der Waals surface area contributed by atoms with Gasteiger partial charge in [-0.2, -0.15) is 0 Å². The molecule has 1 aliphatic heterocycles. The van der Waals surface area contributed by atoms with Crippen LogP contribution in [0.5, 0.6) is 0 Å². The Hall–Kier alpha value is -0.240. The van der Waals surface area contributed by atoms with E-state index in [4.69, 9.17) is 4.74 Å². The van der Waals surface area contributed by atoms with Gasteiger partial charge in [-0.1, -0.05) is 20.8 Å². The van der Waals surface area contributed by atoms with Crippen molar-refractivity contribution < 1.29 is 30.3 Å². The standard InChI is InChI=1S/C30H50O6/c1-24(2,35)21-8-9-28(6,36-21)23-18(33)14-27(5)19-13-17(32)22-25(3,16-31)20(34)7-10-30(22)15-29(19,30)12-11-26(23,27)4/h17-23,31-35H,7-16H2,1-6H3/t17-,18-,19-,20-,21-,22-,23-,25+,26+,27-,28+,29-,30+/m0/s1. The highest BCUT2D eigenvalue weighted by atomic mass is 16.5. The maximum Gasteiger partial charge on any atom is 0.0865 e. The molecular weight excluding hydrogens is 456 g/mol. The van der Waals surface area contributed by atoms with E-state index < -0.39 is 34.9 Å². The van der Waals surface area contributed by atoms with E-state index in [-0.39, 0.29) is 46.2 Å². The molecule has 1 saturated heterocycles. The highest BCUT2D eigenvalue weighted by molar-refractivity contribution is 5.33. The first kappa shape index (κ1) is 26.0. The molecule has 6 nitrogen and oxygen atoms in total. The highest BCUT2D eigenvalue weighted by Gasteiger charge is 2.85. The summed E-state index contributed by atoms with van der Waals surface area (Å²) in [5, 5.41) is 55.4. The highest BCUT2D eigenvalue weighted by Crippen LogP contribution is 2.89. The summed E-state index contributed by atoms with van der Waals surface area (Å²) in [7, 11) is 0. The molecule has 6 rings (SSSR count). The number of hydrogen-bond donors (Lipinski definition) is 5. The summed E-state index contributed by atoms with van der Waals surface area (Å²) in [4.78, 5) is 0. The molecule has 2 spiro atoms. The van der Waals surface area contributed by atoms with Gasteiger partial charge in [-0.05, 0) is 106 Å². The number of aliphatic hydroxyl groups is 5. The minimum Gasteiger partial charge on any atom is -0.396 e. The van der Waals surface area contributed by atoms with E-state index in [2.05, 4.69) is 20.8 Å². The first-order chi connectivity index (χ1) is 16.5. The van der Waals surface area contributed by atoms with Gasteiger partial charge in [0.15, 0.2) is 0 Å². The fourth-order valence-electron chi connectivity index (χ4n) is 12.2. The Morgan fingerprint density at radius 3 is 2.14 bits per heavy atom. The summed E-state index contributed by atoms with van der Waals surface area (Å²) in [6, 6.07) is 0. The van der Waals surface area contributed by atoms with Crippen LogP contribution in [-0.4, -0.2) is 67.8 Å². The van der Waals surface area contributed by atoms with Gasteiger partial charge in [0.1, 0.15) is 0 Å². The van der Waals surface area contributed by atoms with Crippen molar-refractivity contribution in [2.75, 3.05) is 6.61 Å². The van der Waals surface area contributed by atoms with Gasteiger partial charge < -0.3 is 30.3 Å². The van der Waals surface area contributed by atoms with Crippen molar-refractivity contribution in [1.82, 2.24) is 0 Å². The number of aliphatic hydroxyl groups excluding tert-OH is 4. The van der Waals surface area contributed by atoms with Crippen LogP contribution in [0.25, 0.3) is 0 Å². The van der Waals surface area contributed by atoms with E-state index in [0.29, 0.717) is 18.8 Å². The molecule has 206 valence electrons. The van der Waals surface area contributed by atoms with Crippen molar-refractivity contribution in [3.63, 3.8) is 0 Å². The van der Waals surface area contributed by atoms with Crippen LogP contribution in [0.4, 0.5) is 0 Å². The predicted molar refractivity (Wildman–Crippen MR) is 136 cm³/mol. The summed E-state index contributed by atoms with van der Waals surface area (Å²) in [5.41, 5.74) is -2.20. The van der Waals surface area contributed by atoms with Crippen molar-refractivity contribution in [2.24, 2.45) is 44.8 Å². The SMILES string of the molecule is CC(C)(O)[C@@H]1CC[C@](C)([C@H]2[C@@H](O)C[C@@]3(C)[C@@H]4C[C@H](O)[C@H]5[C@](C)(CO)[C@@H](O)CC[C@@]56C[C@@]46CC[C@]23C)O1. The second kappa shape index (κ2) is 7.28. The summed E-state index contributed by atoms with van der Waals surface area (Å²) in [6.45, 7) is 12.5. The third-order valence-electron chi connectivity index (χ3n) is 13.9. The molecule has 0 amide bonds. The first-order valence-corrected chi connectivity index (χ1v) is 14.6. The van der Waals surface area contributed by atoms with Crippen LogP contribution in [0.2, 0.25) is 0 Å². The van der Waals surface area contributed by atoms with Crippen LogP contribution in [0.1, 0.15) is 99.3 Å². The summed E-state index contributed by atoms with van der Waals surface area (Å²) in [6.07, 6.45) is 6.03. The summed E-state index contributed by atoms with van der Waals surface area (Å²) < 4.78 is 6.64. The fourth-order valence-corrected chi connectivity index (χ4v) is 12.2. The average Bonchev–Trinajstić information content (AvgIpc) is 3.14. The minimum atomic E-state index is -0.907. The normalized spacial score (nSPS) is 62.2. The Bertz CT molecular complexity index is 933. The molecule has 6 heteroatoms. The zero-order valence-corrected chi connectivity index (χ0v) is 23.3. The molecule has 0 bridgehead atoms. The van der Waals surface area contributed by atoms with E-state index in [1.807, 2.05) is 20.8 Å². The molecule has 6 aliphatic rings. The smallest absolute Gasteiger partial charge is 0.0865 e. The van der Waals surface area contributed by atoms with Crippen LogP contribution < -0.4 is 0 Å². The average molecular weight is 507 g/mol. The Kier molecular flexibility index (Phi) is 5.26. The lowest BCUT2D eigenvalue weighted by molar-refractivity contribution is -0.220. The maximum atomic E-state index is 11.7. The van der Waals surface area contributed by atoms with Gasteiger partial charge in [0.05, 0.1) is 42.2 Å². The largest absolute Gasteiger partial charge is 0.396 e. The Balaban J connectivity index is 1.37. The van der Waals surface area contributed by atoms with Crippen molar-refractivity contribution in [3.8, 4) is 0 Å². The quantitative estimate of drug-likeness (QED) is 0.401. The van der Waals surface area contributed by atoms with Gasteiger partial charge in [0.2, 0.25) is 0 Å². The monoisotopic (exact) mass is 506 g/mol. The molecule has 5 N–H and O–H groups in total. The number of hydrogen-bond acceptors (Lipinski definition) is 6. The predicted octanol–water partition coefficient (Wildman–Crippen LogP) is 3.41. The summed E-state index contributed by atoms with van der Waals surface area (Å²) in [5.74, 6) is 0.219. The van der Waals surface area contributed by atoms with E-state index in [1.54, 1.807) is 0 Å². The maximum absolute atomic E-state index is 11.7. The van der Waals surface area contributed by atoms with E-state index in [1.165, 1.54) is 0 Å². The van der Waals surface area contributed by atoms with Crippen molar-refractivity contribution >= 4 is 0 Å². The van der Waals surface area contributed by atoms with Gasteiger partial charge in [-0.15, -0.1) is 0 Å². The van der Waals surface area contributed by atoms with E-state index in [9.17, 15) is 25.5 Å². The number of rotatable bonds is 3. The van der Waals surface area contributed by atoms with E-state index >= 15 is 0 Å². The van der Waals surface area contributed by atoms with Crippen LogP contribution >= 0.6 is 0 Å². The van der Waals surface area contributed by atoms with Crippen molar-refractivity contribution in [1.29, 1.82) is 0 Å². The van der Waals surface area contributed by atoms with Crippen LogP contribution in [0.15, 0.2) is 0 Å². The third-order valence-corrected chi connectivity index (χ3v) is 13.9. The number of ether oxygens (including phenoxy) is 1. The molecular formula is C30H50O6. The van der Waals surface area contributed by atoms with Crippen molar-refractivity contribution in [2.45, 2.75) is 135 Å². The molecule has 1 heterocycles. The van der Waals surface area contributed by atoms with Gasteiger partial charge in [-0.3, -0.25) is 0 Å². The van der Waals surface area contributed by atoms with Gasteiger partial charge in [-0.25, -0.2) is 0 Å². The zero-order valence-electron chi connectivity index (χ0n) is 23.3.